The molecular formula is C23H29N5O8. The highest BCUT2D eigenvalue weighted by molar-refractivity contribution is 6.08. The lowest BCUT2D eigenvalue weighted by Crippen LogP contribution is -2.64. The van der Waals surface area contributed by atoms with Crippen LogP contribution in [-0.4, -0.2) is 74.6 Å². The molecule has 2 rings (SSSR count). The van der Waals surface area contributed by atoms with Crippen molar-refractivity contribution in [3.05, 3.63) is 35.4 Å². The van der Waals surface area contributed by atoms with Crippen LogP contribution < -0.4 is 16.4 Å². The summed E-state index contributed by atoms with van der Waals surface area (Å²) in [7, 11) is 0. The Morgan fingerprint density at radius 3 is 2.08 bits per heavy atom. The van der Waals surface area contributed by atoms with Crippen LogP contribution in [0.4, 0.5) is 0 Å². The van der Waals surface area contributed by atoms with Gasteiger partial charge in [-0.05, 0) is 17.9 Å². The molecule has 13 nitrogen and oxygen atoms in total. The van der Waals surface area contributed by atoms with Crippen LogP contribution in [-0.2, 0) is 35.2 Å². The molecule has 4 atom stereocenters. The number of imide groups is 1. The quantitative estimate of drug-likeness (QED) is 0.125. The molecule has 194 valence electrons. The van der Waals surface area contributed by atoms with Gasteiger partial charge in [-0.3, -0.25) is 29.5 Å². The number of amides is 4. The van der Waals surface area contributed by atoms with Crippen LogP contribution in [0.15, 0.2) is 24.3 Å². The van der Waals surface area contributed by atoms with Gasteiger partial charge in [0.15, 0.2) is 6.04 Å². The van der Waals surface area contributed by atoms with Gasteiger partial charge in [0.05, 0.1) is 5.92 Å². The third-order valence-corrected chi connectivity index (χ3v) is 5.74. The molecule has 1 saturated heterocycles. The molecule has 0 bridgehead atoms. The van der Waals surface area contributed by atoms with Crippen LogP contribution in [0.5, 0.6) is 0 Å². The molecule has 0 saturated carbocycles. The molecule has 1 aliphatic rings. The second kappa shape index (κ2) is 11.4. The highest BCUT2D eigenvalue weighted by Gasteiger charge is 2.50. The third-order valence-electron chi connectivity index (χ3n) is 5.74. The SMILES string of the molecule is CC(=O)N[C@H](C(=O)N[C@H](C(=O)O)C(C)C)C(C(=O)O)N1C(=O)CC(Cc2ccc(C(=N)N)cc2)C1=O. The van der Waals surface area contributed by atoms with Crippen LogP contribution in [0, 0.1) is 17.2 Å². The number of amidine groups is 1. The summed E-state index contributed by atoms with van der Waals surface area (Å²) in [5.74, 6) is -8.43. The Balaban J connectivity index is 2.35. The minimum atomic E-state index is -2.10. The molecule has 7 N–H and O–H groups in total. The van der Waals surface area contributed by atoms with E-state index in [9.17, 15) is 39.0 Å². The first kappa shape index (κ1) is 28.0. The fourth-order valence-electron chi connectivity index (χ4n) is 3.94. The van der Waals surface area contributed by atoms with Crippen molar-refractivity contribution in [2.24, 2.45) is 17.6 Å². The molecule has 0 radical (unpaired) electrons. The topological polar surface area (TPSA) is 220 Å². The summed E-state index contributed by atoms with van der Waals surface area (Å²) in [5.41, 5.74) is 6.52. The maximum atomic E-state index is 13.1. The van der Waals surface area contributed by atoms with Gasteiger partial charge in [-0.15, -0.1) is 0 Å². The van der Waals surface area contributed by atoms with Gasteiger partial charge >= 0.3 is 11.9 Å². The van der Waals surface area contributed by atoms with Crippen molar-refractivity contribution in [3.63, 3.8) is 0 Å². The number of nitrogen functional groups attached to an aromatic ring is 1. The van der Waals surface area contributed by atoms with Gasteiger partial charge in [0.2, 0.25) is 23.6 Å². The monoisotopic (exact) mass is 503 g/mol. The molecule has 1 aliphatic heterocycles. The van der Waals surface area contributed by atoms with E-state index in [0.29, 0.717) is 16.0 Å². The normalized spacial score (nSPS) is 17.9. The predicted octanol–water partition coefficient (Wildman–Crippen LogP) is -0.928. The fourth-order valence-corrected chi connectivity index (χ4v) is 3.94. The first-order valence-corrected chi connectivity index (χ1v) is 11.1. The number of nitrogens with two attached hydrogens (primary N) is 1. The minimum absolute atomic E-state index is 0.0804. The van der Waals surface area contributed by atoms with E-state index in [1.807, 2.05) is 0 Å². The zero-order valence-electron chi connectivity index (χ0n) is 20.0. The number of nitrogens with zero attached hydrogens (tertiary/aromatic N) is 1. The number of nitrogens with one attached hydrogen (secondary N) is 3. The van der Waals surface area contributed by atoms with Crippen LogP contribution in [0.1, 0.15) is 38.3 Å². The average Bonchev–Trinajstić information content (AvgIpc) is 3.04. The van der Waals surface area contributed by atoms with Crippen LogP contribution in [0.2, 0.25) is 0 Å². The fraction of sp³-hybridized carbons (Fsp3) is 0.435. The summed E-state index contributed by atoms with van der Waals surface area (Å²) in [6.45, 7) is 4.04. The largest absolute Gasteiger partial charge is 0.480 e. The number of carbonyl (C=O) groups excluding carboxylic acids is 4. The lowest BCUT2D eigenvalue weighted by molar-refractivity contribution is -0.158. The van der Waals surface area contributed by atoms with E-state index in [2.05, 4.69) is 10.6 Å². The van der Waals surface area contributed by atoms with Crippen molar-refractivity contribution in [1.82, 2.24) is 15.5 Å². The Kier molecular flexibility index (Phi) is 8.87. The predicted molar refractivity (Wildman–Crippen MR) is 125 cm³/mol. The Morgan fingerprint density at radius 2 is 1.64 bits per heavy atom. The lowest BCUT2D eigenvalue weighted by Gasteiger charge is -2.31. The number of carboxylic acid groups (broad SMARTS) is 2. The second-order valence-electron chi connectivity index (χ2n) is 8.85. The standard InChI is InChI=1S/C23H29N5O8/c1-10(2)16(22(33)34)27-20(31)17(26-11(3)29)18(23(35)36)28-15(30)9-14(21(28)32)8-12-4-6-13(7-5-12)19(24)25/h4-7,10,14,16-18H,8-9H2,1-3H3,(H3,24,25)(H,26,29)(H,27,31)(H,33,34)(H,35,36)/t14?,16-,17-,18?/m0/s1. The molecule has 0 spiro atoms. The molecule has 13 heteroatoms. The van der Waals surface area contributed by atoms with E-state index in [4.69, 9.17) is 11.1 Å². The first-order chi connectivity index (χ1) is 16.7. The second-order valence-corrected chi connectivity index (χ2v) is 8.85. The van der Waals surface area contributed by atoms with Crippen molar-refractivity contribution in [3.8, 4) is 0 Å². The molecule has 1 heterocycles. The lowest BCUT2D eigenvalue weighted by atomic mass is 9.97. The summed E-state index contributed by atoms with van der Waals surface area (Å²) in [6, 6.07) is 0.957. The molecule has 0 aromatic heterocycles. The van der Waals surface area contributed by atoms with Gasteiger partial charge in [-0.2, -0.15) is 0 Å². The molecule has 1 fully saturated rings. The molecule has 1 aromatic carbocycles. The van der Waals surface area contributed by atoms with E-state index in [1.54, 1.807) is 24.3 Å². The van der Waals surface area contributed by atoms with Crippen LogP contribution in [0.25, 0.3) is 0 Å². The van der Waals surface area contributed by atoms with E-state index in [0.717, 1.165) is 6.92 Å². The van der Waals surface area contributed by atoms with Crippen LogP contribution >= 0.6 is 0 Å². The number of aliphatic carboxylic acids is 2. The zero-order valence-corrected chi connectivity index (χ0v) is 20.0. The number of carboxylic acids is 2. The number of hydrogen-bond acceptors (Lipinski definition) is 7. The molecule has 0 aliphatic carbocycles. The van der Waals surface area contributed by atoms with E-state index < -0.39 is 65.5 Å². The van der Waals surface area contributed by atoms with Gasteiger partial charge in [-0.1, -0.05) is 38.1 Å². The zero-order chi connectivity index (χ0) is 27.3. The van der Waals surface area contributed by atoms with Gasteiger partial charge in [0.1, 0.15) is 17.9 Å². The molecule has 36 heavy (non-hydrogen) atoms. The van der Waals surface area contributed by atoms with Crippen molar-refractivity contribution < 1.29 is 39.0 Å². The Hall–Kier alpha value is -4.29. The van der Waals surface area contributed by atoms with Crippen molar-refractivity contribution in [1.29, 1.82) is 5.41 Å². The first-order valence-electron chi connectivity index (χ1n) is 11.1. The summed E-state index contributed by atoms with van der Waals surface area (Å²) >= 11 is 0. The third kappa shape index (κ3) is 6.43. The summed E-state index contributed by atoms with van der Waals surface area (Å²) in [5, 5.41) is 31.0. The van der Waals surface area contributed by atoms with Gasteiger partial charge < -0.3 is 26.6 Å². The number of benzene rings is 1. The summed E-state index contributed by atoms with van der Waals surface area (Å²) in [6.07, 6.45) is -0.244. The smallest absolute Gasteiger partial charge is 0.329 e. The molecule has 4 amide bonds. The van der Waals surface area contributed by atoms with Crippen molar-refractivity contribution in [2.45, 2.75) is 51.7 Å². The number of hydrogen-bond donors (Lipinski definition) is 6. The highest BCUT2D eigenvalue weighted by Crippen LogP contribution is 2.27. The van der Waals surface area contributed by atoms with Gasteiger partial charge in [-0.25, -0.2) is 9.59 Å². The Morgan fingerprint density at radius 1 is 1.06 bits per heavy atom. The summed E-state index contributed by atoms with van der Waals surface area (Å²) < 4.78 is 0. The Labute approximate surface area is 206 Å². The maximum absolute atomic E-state index is 13.1. The minimum Gasteiger partial charge on any atom is -0.480 e. The van der Waals surface area contributed by atoms with E-state index in [-0.39, 0.29) is 18.7 Å². The molecular weight excluding hydrogens is 474 g/mol. The number of carbonyl (C=O) groups is 6. The average molecular weight is 504 g/mol. The van der Waals surface area contributed by atoms with Crippen molar-refractivity contribution >= 4 is 41.4 Å². The number of rotatable bonds is 11. The van der Waals surface area contributed by atoms with Gasteiger partial charge in [0.25, 0.3) is 0 Å². The maximum Gasteiger partial charge on any atom is 0.329 e. The highest BCUT2D eigenvalue weighted by atomic mass is 16.4. The van der Waals surface area contributed by atoms with Crippen LogP contribution in [0.3, 0.4) is 0 Å². The molecule has 2 unspecified atom stereocenters. The van der Waals surface area contributed by atoms with E-state index in [1.165, 1.54) is 13.8 Å². The number of likely N-dealkylation sites (tertiary alicyclic amines) is 1. The Bertz CT molecular complexity index is 1080. The van der Waals surface area contributed by atoms with Gasteiger partial charge in [0, 0.05) is 18.9 Å². The molecule has 1 aromatic rings. The van der Waals surface area contributed by atoms with Crippen molar-refractivity contribution in [2.75, 3.05) is 0 Å². The van der Waals surface area contributed by atoms with E-state index >= 15 is 0 Å². The summed E-state index contributed by atoms with van der Waals surface area (Å²) in [4.78, 5) is 74.8.